The van der Waals surface area contributed by atoms with E-state index in [4.69, 9.17) is 0 Å². The van der Waals surface area contributed by atoms with E-state index in [9.17, 15) is 4.79 Å². The van der Waals surface area contributed by atoms with Gasteiger partial charge in [-0.3, -0.25) is 9.78 Å². The van der Waals surface area contributed by atoms with Crippen LogP contribution >= 0.6 is 0 Å². The Bertz CT molecular complexity index is 440. The zero-order valence-corrected chi connectivity index (χ0v) is 8.21. The lowest BCUT2D eigenvalue weighted by molar-refractivity contribution is -0.683. The summed E-state index contributed by atoms with van der Waals surface area (Å²) in [7, 11) is 0. The van der Waals surface area contributed by atoms with Crippen molar-refractivity contribution in [2.75, 3.05) is 0 Å². The van der Waals surface area contributed by atoms with E-state index in [1.807, 2.05) is 41.2 Å². The summed E-state index contributed by atoms with van der Waals surface area (Å²) >= 11 is 0. The van der Waals surface area contributed by atoms with Gasteiger partial charge in [-0.2, -0.15) is 4.57 Å². The van der Waals surface area contributed by atoms with Gasteiger partial charge in [-0.15, -0.1) is 0 Å². The first kappa shape index (κ1) is 9.52. The number of rotatable bonds is 3. The van der Waals surface area contributed by atoms with Gasteiger partial charge < -0.3 is 0 Å². The third-order valence-corrected chi connectivity index (χ3v) is 2.05. The molecule has 2 aromatic rings. The highest BCUT2D eigenvalue weighted by Crippen LogP contribution is 1.94. The summed E-state index contributed by atoms with van der Waals surface area (Å²) in [6.45, 7) is 0.331. The summed E-state index contributed by atoms with van der Waals surface area (Å²) in [6.07, 6.45) is 5.35. The highest BCUT2D eigenvalue weighted by molar-refractivity contribution is 5.92. The number of Topliss-reactive ketones (excluding diaryl/α,β-unsaturated/α-hetero) is 1. The molecule has 0 N–H and O–H groups in total. The molecular formula is C12H11N2O+. The van der Waals surface area contributed by atoms with Crippen LogP contribution in [0, 0.1) is 0 Å². The summed E-state index contributed by atoms with van der Waals surface area (Å²) in [5.41, 5.74) is 0.508. The van der Waals surface area contributed by atoms with Gasteiger partial charge >= 0.3 is 0 Å². The molecule has 2 aromatic heterocycles. The molecule has 74 valence electrons. The van der Waals surface area contributed by atoms with Crippen molar-refractivity contribution in [3.63, 3.8) is 0 Å². The summed E-state index contributed by atoms with van der Waals surface area (Å²) in [5, 5.41) is 0. The minimum atomic E-state index is 0.0202. The third-order valence-electron chi connectivity index (χ3n) is 2.05. The van der Waals surface area contributed by atoms with Gasteiger partial charge in [-0.25, -0.2) is 0 Å². The number of ketones is 1. The largest absolute Gasteiger partial charge is 0.285 e. The summed E-state index contributed by atoms with van der Waals surface area (Å²) in [5.74, 6) is 0.0202. The number of hydrogen-bond donors (Lipinski definition) is 0. The SMILES string of the molecule is O=C(C[n+]1ccccc1)c1ccccn1. The molecule has 3 nitrogen and oxygen atoms in total. The van der Waals surface area contributed by atoms with Gasteiger partial charge in [0.25, 0.3) is 0 Å². The van der Waals surface area contributed by atoms with E-state index in [0.717, 1.165) is 0 Å². The molecule has 0 aliphatic carbocycles. The summed E-state index contributed by atoms with van der Waals surface area (Å²) in [4.78, 5) is 15.7. The van der Waals surface area contributed by atoms with E-state index >= 15 is 0 Å². The lowest BCUT2D eigenvalue weighted by Gasteiger charge is -1.95. The summed E-state index contributed by atoms with van der Waals surface area (Å²) in [6, 6.07) is 11.0. The molecule has 0 spiro atoms. The second kappa shape index (κ2) is 4.46. The van der Waals surface area contributed by atoms with Crippen LogP contribution in [0.4, 0.5) is 0 Å². The second-order valence-electron chi connectivity index (χ2n) is 3.19. The van der Waals surface area contributed by atoms with Crippen molar-refractivity contribution in [1.82, 2.24) is 4.98 Å². The highest BCUT2D eigenvalue weighted by Gasteiger charge is 2.11. The number of carbonyl (C=O) groups excluding carboxylic acids is 1. The number of aromatic nitrogens is 2. The predicted molar refractivity (Wildman–Crippen MR) is 55.2 cm³/mol. The van der Waals surface area contributed by atoms with Gasteiger partial charge in [-0.1, -0.05) is 12.1 Å². The molecular weight excluding hydrogens is 188 g/mol. The van der Waals surface area contributed by atoms with Gasteiger partial charge in [0.15, 0.2) is 12.4 Å². The van der Waals surface area contributed by atoms with Gasteiger partial charge in [-0.05, 0) is 12.1 Å². The van der Waals surface area contributed by atoms with Crippen LogP contribution < -0.4 is 4.57 Å². The number of pyridine rings is 2. The van der Waals surface area contributed by atoms with Crippen molar-refractivity contribution in [2.24, 2.45) is 0 Å². The first-order chi connectivity index (χ1) is 7.36. The molecule has 0 radical (unpaired) electrons. The molecule has 2 heterocycles. The molecule has 0 unspecified atom stereocenters. The Balaban J connectivity index is 2.12. The highest BCUT2D eigenvalue weighted by atomic mass is 16.1. The van der Waals surface area contributed by atoms with E-state index in [-0.39, 0.29) is 5.78 Å². The third kappa shape index (κ3) is 2.47. The van der Waals surface area contributed by atoms with Crippen LogP contribution in [0.3, 0.4) is 0 Å². The van der Waals surface area contributed by atoms with E-state index in [0.29, 0.717) is 12.2 Å². The van der Waals surface area contributed by atoms with E-state index in [2.05, 4.69) is 4.98 Å². The van der Waals surface area contributed by atoms with Gasteiger partial charge in [0, 0.05) is 18.3 Å². The van der Waals surface area contributed by atoms with Crippen molar-refractivity contribution >= 4 is 5.78 Å². The van der Waals surface area contributed by atoms with Crippen molar-refractivity contribution < 1.29 is 9.36 Å². The van der Waals surface area contributed by atoms with Crippen LogP contribution in [0.5, 0.6) is 0 Å². The average molecular weight is 199 g/mol. The van der Waals surface area contributed by atoms with Crippen LogP contribution in [0.2, 0.25) is 0 Å². The first-order valence-corrected chi connectivity index (χ1v) is 4.74. The molecule has 0 aromatic carbocycles. The zero-order valence-electron chi connectivity index (χ0n) is 8.21. The van der Waals surface area contributed by atoms with Gasteiger partial charge in [0.1, 0.15) is 5.69 Å². The lowest BCUT2D eigenvalue weighted by atomic mass is 10.2. The van der Waals surface area contributed by atoms with Crippen molar-refractivity contribution in [3.05, 3.63) is 60.7 Å². The minimum absolute atomic E-state index is 0.0202. The second-order valence-corrected chi connectivity index (χ2v) is 3.19. The lowest BCUT2D eigenvalue weighted by Crippen LogP contribution is -2.37. The standard InChI is InChI=1S/C12H11N2O/c15-12(11-6-2-3-7-13-11)10-14-8-4-1-5-9-14/h1-9H,10H2/q+1. The van der Waals surface area contributed by atoms with Crippen LogP contribution in [0.15, 0.2) is 55.0 Å². The zero-order chi connectivity index (χ0) is 10.5. The first-order valence-electron chi connectivity index (χ1n) is 4.74. The fourth-order valence-electron chi connectivity index (χ4n) is 1.31. The van der Waals surface area contributed by atoms with Crippen LogP contribution in [0.25, 0.3) is 0 Å². The van der Waals surface area contributed by atoms with Gasteiger partial charge in [0.05, 0.1) is 0 Å². The number of carbonyl (C=O) groups is 1. The normalized spacial score (nSPS) is 9.87. The fraction of sp³-hybridized carbons (Fsp3) is 0.0833. The molecule has 2 rings (SSSR count). The van der Waals surface area contributed by atoms with Crippen LogP contribution in [0.1, 0.15) is 10.5 Å². The Morgan fingerprint density at radius 2 is 1.93 bits per heavy atom. The quantitative estimate of drug-likeness (QED) is 0.550. The maximum atomic E-state index is 11.7. The van der Waals surface area contributed by atoms with Crippen LogP contribution in [-0.4, -0.2) is 10.8 Å². The Morgan fingerprint density at radius 1 is 1.13 bits per heavy atom. The number of nitrogens with zero attached hydrogens (tertiary/aromatic N) is 2. The Hall–Kier alpha value is -2.03. The maximum Gasteiger partial charge on any atom is 0.245 e. The summed E-state index contributed by atoms with van der Waals surface area (Å²) < 4.78 is 1.83. The van der Waals surface area contributed by atoms with Crippen molar-refractivity contribution in [3.8, 4) is 0 Å². The molecule has 0 saturated carbocycles. The smallest absolute Gasteiger partial charge is 0.245 e. The minimum Gasteiger partial charge on any atom is -0.285 e. The van der Waals surface area contributed by atoms with Crippen molar-refractivity contribution in [1.29, 1.82) is 0 Å². The van der Waals surface area contributed by atoms with Crippen molar-refractivity contribution in [2.45, 2.75) is 6.54 Å². The Kier molecular flexibility index (Phi) is 2.83. The maximum absolute atomic E-state index is 11.7. The molecule has 0 amide bonds. The molecule has 3 heteroatoms. The molecule has 0 aliphatic rings. The Morgan fingerprint density at radius 3 is 2.60 bits per heavy atom. The van der Waals surface area contributed by atoms with E-state index < -0.39 is 0 Å². The monoisotopic (exact) mass is 199 g/mol. The molecule has 15 heavy (non-hydrogen) atoms. The molecule has 0 aliphatic heterocycles. The molecule has 0 atom stereocenters. The molecule has 0 fully saturated rings. The van der Waals surface area contributed by atoms with Crippen LogP contribution in [-0.2, 0) is 6.54 Å². The topological polar surface area (TPSA) is 33.8 Å². The van der Waals surface area contributed by atoms with E-state index in [1.165, 1.54) is 0 Å². The van der Waals surface area contributed by atoms with Gasteiger partial charge in [0.2, 0.25) is 12.3 Å². The Labute approximate surface area is 88.0 Å². The molecule has 0 bridgehead atoms. The fourth-order valence-corrected chi connectivity index (χ4v) is 1.31. The van der Waals surface area contributed by atoms with E-state index in [1.54, 1.807) is 18.3 Å². The average Bonchev–Trinajstić information content (AvgIpc) is 2.31. The molecule has 0 saturated heterocycles. The predicted octanol–water partition coefficient (Wildman–Crippen LogP) is 1.25. The number of hydrogen-bond acceptors (Lipinski definition) is 2.